The van der Waals surface area contributed by atoms with Crippen LogP contribution in [0.25, 0.3) is 0 Å². The van der Waals surface area contributed by atoms with Gasteiger partial charge in [-0.05, 0) is 37.1 Å². The normalized spacial score (nSPS) is 17.5. The zero-order valence-corrected chi connectivity index (χ0v) is 15.4. The van der Waals surface area contributed by atoms with Gasteiger partial charge in [-0.15, -0.1) is 0 Å². The number of hydrogen-bond acceptors (Lipinski definition) is 4. The minimum Gasteiger partial charge on any atom is -0.497 e. The van der Waals surface area contributed by atoms with Crippen molar-refractivity contribution in [3.63, 3.8) is 0 Å². The number of carbonyl (C=O) groups excluding carboxylic acids is 1. The van der Waals surface area contributed by atoms with Crippen molar-refractivity contribution in [3.05, 3.63) is 54.1 Å². The minimum atomic E-state index is -0.0247. The Balaban J connectivity index is 1.64. The number of nitrogens with one attached hydrogen (secondary N) is 1. The Morgan fingerprint density at radius 1 is 1.15 bits per heavy atom. The highest BCUT2D eigenvalue weighted by atomic mass is 16.5. The van der Waals surface area contributed by atoms with E-state index in [1.807, 2.05) is 12.1 Å². The third kappa shape index (κ3) is 4.55. The molecule has 1 aliphatic heterocycles. The first-order chi connectivity index (χ1) is 12.7. The molecule has 0 saturated carbocycles. The van der Waals surface area contributed by atoms with Gasteiger partial charge in [0.15, 0.2) is 0 Å². The summed E-state index contributed by atoms with van der Waals surface area (Å²) in [6, 6.07) is 15.8. The van der Waals surface area contributed by atoms with Crippen molar-refractivity contribution in [2.75, 3.05) is 32.6 Å². The van der Waals surface area contributed by atoms with E-state index in [1.54, 1.807) is 26.4 Å². The number of methoxy groups -OCH3 is 2. The summed E-state index contributed by atoms with van der Waals surface area (Å²) in [6.07, 6.45) is 1.93. The van der Waals surface area contributed by atoms with Crippen molar-refractivity contribution in [1.82, 2.24) is 4.90 Å². The van der Waals surface area contributed by atoms with Crippen LogP contribution >= 0.6 is 0 Å². The molecule has 2 aromatic rings. The lowest BCUT2D eigenvalue weighted by molar-refractivity contribution is -0.121. The molecule has 0 aliphatic carbocycles. The third-order valence-corrected chi connectivity index (χ3v) is 4.79. The van der Waals surface area contributed by atoms with E-state index in [0.29, 0.717) is 17.2 Å². The average molecular weight is 354 g/mol. The maximum atomic E-state index is 12.8. The zero-order valence-electron chi connectivity index (χ0n) is 15.4. The van der Waals surface area contributed by atoms with Crippen LogP contribution in [0.15, 0.2) is 48.5 Å². The van der Waals surface area contributed by atoms with E-state index in [-0.39, 0.29) is 11.8 Å². The van der Waals surface area contributed by atoms with Crippen LogP contribution in [0.3, 0.4) is 0 Å². The molecule has 1 aliphatic rings. The Labute approximate surface area is 154 Å². The molecule has 1 atom stereocenters. The highest BCUT2D eigenvalue weighted by Gasteiger charge is 2.26. The van der Waals surface area contributed by atoms with Crippen LogP contribution in [-0.2, 0) is 11.3 Å². The lowest BCUT2D eigenvalue weighted by atomic mass is 9.96. The fraction of sp³-hybridized carbons (Fsp3) is 0.381. The Morgan fingerprint density at radius 2 is 1.96 bits per heavy atom. The van der Waals surface area contributed by atoms with Gasteiger partial charge in [0.2, 0.25) is 5.91 Å². The van der Waals surface area contributed by atoms with Crippen molar-refractivity contribution in [3.8, 4) is 11.5 Å². The van der Waals surface area contributed by atoms with Crippen LogP contribution in [0.2, 0.25) is 0 Å². The van der Waals surface area contributed by atoms with Crippen LogP contribution in [0.4, 0.5) is 5.69 Å². The summed E-state index contributed by atoms with van der Waals surface area (Å²) in [7, 11) is 3.20. The third-order valence-electron chi connectivity index (χ3n) is 4.79. The van der Waals surface area contributed by atoms with Crippen molar-refractivity contribution in [1.29, 1.82) is 0 Å². The minimum absolute atomic E-state index is 0.0247. The van der Waals surface area contributed by atoms with Crippen LogP contribution in [-0.4, -0.2) is 38.1 Å². The molecule has 5 nitrogen and oxygen atoms in total. The Morgan fingerprint density at radius 3 is 2.69 bits per heavy atom. The van der Waals surface area contributed by atoms with E-state index >= 15 is 0 Å². The van der Waals surface area contributed by atoms with Crippen LogP contribution in [0.1, 0.15) is 18.4 Å². The molecule has 1 amide bonds. The van der Waals surface area contributed by atoms with E-state index in [2.05, 4.69) is 34.5 Å². The van der Waals surface area contributed by atoms with Gasteiger partial charge in [-0.3, -0.25) is 9.69 Å². The molecule has 1 unspecified atom stereocenters. The molecule has 0 radical (unpaired) electrons. The van der Waals surface area contributed by atoms with Gasteiger partial charge in [-0.2, -0.15) is 0 Å². The number of likely N-dealkylation sites (tertiary alicyclic amines) is 1. The molecule has 1 fully saturated rings. The van der Waals surface area contributed by atoms with Gasteiger partial charge < -0.3 is 14.8 Å². The van der Waals surface area contributed by atoms with Crippen LogP contribution < -0.4 is 14.8 Å². The number of rotatable bonds is 6. The van der Waals surface area contributed by atoms with Crippen molar-refractivity contribution in [2.45, 2.75) is 19.4 Å². The molecule has 0 spiro atoms. The molecule has 0 bridgehead atoms. The zero-order chi connectivity index (χ0) is 18.4. The van der Waals surface area contributed by atoms with Gasteiger partial charge in [-0.1, -0.05) is 30.3 Å². The smallest absolute Gasteiger partial charge is 0.228 e. The highest BCUT2D eigenvalue weighted by molar-refractivity contribution is 5.94. The summed E-state index contributed by atoms with van der Waals surface area (Å²) in [4.78, 5) is 15.2. The number of hydrogen-bond donors (Lipinski definition) is 1. The predicted molar refractivity (Wildman–Crippen MR) is 103 cm³/mol. The molecule has 5 heteroatoms. The van der Waals surface area contributed by atoms with Crippen molar-refractivity contribution in [2.24, 2.45) is 5.92 Å². The molecule has 3 rings (SSSR count). The monoisotopic (exact) mass is 354 g/mol. The van der Waals surface area contributed by atoms with E-state index in [1.165, 1.54) is 5.56 Å². The maximum Gasteiger partial charge on any atom is 0.228 e. The van der Waals surface area contributed by atoms with Gasteiger partial charge in [-0.25, -0.2) is 0 Å². The standard InChI is InChI=1S/C21H26N2O3/c1-25-18-10-11-20(26-2)19(13-18)22-21(24)17-9-6-12-23(15-17)14-16-7-4-3-5-8-16/h3-5,7-8,10-11,13,17H,6,9,12,14-15H2,1-2H3,(H,22,24). The van der Waals surface area contributed by atoms with Crippen molar-refractivity contribution >= 4 is 11.6 Å². The first kappa shape index (κ1) is 18.3. The summed E-state index contributed by atoms with van der Waals surface area (Å²) in [6.45, 7) is 2.68. The Hall–Kier alpha value is -2.53. The average Bonchev–Trinajstić information content (AvgIpc) is 2.69. The molecular formula is C21H26N2O3. The van der Waals surface area contributed by atoms with Gasteiger partial charge in [0.1, 0.15) is 11.5 Å². The number of anilines is 1. The molecular weight excluding hydrogens is 328 g/mol. The molecule has 138 valence electrons. The second-order valence-corrected chi connectivity index (χ2v) is 6.62. The fourth-order valence-electron chi connectivity index (χ4n) is 3.40. The molecule has 1 heterocycles. The van der Waals surface area contributed by atoms with Gasteiger partial charge in [0.25, 0.3) is 0 Å². The number of benzene rings is 2. The Bertz CT molecular complexity index is 733. The highest BCUT2D eigenvalue weighted by Crippen LogP contribution is 2.30. The van der Waals surface area contributed by atoms with Gasteiger partial charge >= 0.3 is 0 Å². The fourth-order valence-corrected chi connectivity index (χ4v) is 3.40. The first-order valence-corrected chi connectivity index (χ1v) is 8.98. The number of ether oxygens (including phenoxy) is 2. The van der Waals surface area contributed by atoms with Gasteiger partial charge in [0.05, 0.1) is 25.8 Å². The second kappa shape index (κ2) is 8.72. The molecule has 26 heavy (non-hydrogen) atoms. The lowest BCUT2D eigenvalue weighted by Crippen LogP contribution is -2.40. The number of piperidine rings is 1. The topological polar surface area (TPSA) is 50.8 Å². The number of amides is 1. The summed E-state index contributed by atoms with van der Waals surface area (Å²) in [5, 5.41) is 3.02. The van der Waals surface area contributed by atoms with Crippen molar-refractivity contribution < 1.29 is 14.3 Å². The molecule has 1 saturated heterocycles. The second-order valence-electron chi connectivity index (χ2n) is 6.62. The quantitative estimate of drug-likeness (QED) is 0.862. The first-order valence-electron chi connectivity index (χ1n) is 8.98. The molecule has 0 aromatic heterocycles. The van der Waals surface area contributed by atoms with Crippen LogP contribution in [0.5, 0.6) is 11.5 Å². The summed E-state index contributed by atoms with van der Waals surface area (Å²) in [5.74, 6) is 1.34. The number of carbonyl (C=O) groups is 1. The SMILES string of the molecule is COc1ccc(OC)c(NC(=O)C2CCCN(Cc3ccccc3)C2)c1. The van der Waals surface area contributed by atoms with E-state index in [4.69, 9.17) is 9.47 Å². The summed E-state index contributed by atoms with van der Waals surface area (Å²) >= 11 is 0. The summed E-state index contributed by atoms with van der Waals surface area (Å²) < 4.78 is 10.6. The van der Waals surface area contributed by atoms with E-state index in [9.17, 15) is 4.79 Å². The van der Waals surface area contributed by atoms with Gasteiger partial charge in [0, 0.05) is 19.2 Å². The summed E-state index contributed by atoms with van der Waals surface area (Å²) in [5.41, 5.74) is 1.93. The predicted octanol–water partition coefficient (Wildman–Crippen LogP) is 3.55. The van der Waals surface area contributed by atoms with E-state index < -0.39 is 0 Å². The number of nitrogens with zero attached hydrogens (tertiary/aromatic N) is 1. The van der Waals surface area contributed by atoms with Crippen LogP contribution in [0, 0.1) is 5.92 Å². The lowest BCUT2D eigenvalue weighted by Gasteiger charge is -2.32. The largest absolute Gasteiger partial charge is 0.497 e. The molecule has 2 aromatic carbocycles. The Kier molecular flexibility index (Phi) is 6.12. The van der Waals surface area contributed by atoms with E-state index in [0.717, 1.165) is 32.5 Å². The molecule has 1 N–H and O–H groups in total. The maximum absolute atomic E-state index is 12.8.